The molecular weight excluding hydrogens is 334 g/mol. The van der Waals surface area contributed by atoms with Crippen LogP contribution in [-0.2, 0) is 12.8 Å². The van der Waals surface area contributed by atoms with Gasteiger partial charge in [0.1, 0.15) is 0 Å². The van der Waals surface area contributed by atoms with Crippen LogP contribution >= 0.6 is 0 Å². The Bertz CT molecular complexity index is 822. The summed E-state index contributed by atoms with van der Waals surface area (Å²) in [5.41, 5.74) is 4.57. The molecule has 27 heavy (non-hydrogen) atoms. The number of nitrogens with zero attached hydrogens (tertiary/aromatic N) is 1. The van der Waals surface area contributed by atoms with Crippen LogP contribution in [0.15, 0.2) is 36.4 Å². The number of nitriles is 1. The van der Waals surface area contributed by atoms with Crippen LogP contribution in [0.3, 0.4) is 0 Å². The molecule has 0 N–H and O–H groups in total. The molecule has 2 aromatic carbocycles. The molecule has 2 atom stereocenters. The van der Waals surface area contributed by atoms with Crippen molar-refractivity contribution in [2.45, 2.75) is 58.8 Å². The molecule has 0 amide bonds. The fourth-order valence-corrected chi connectivity index (χ4v) is 4.09. The highest BCUT2D eigenvalue weighted by atomic mass is 16.7. The maximum Gasteiger partial charge on any atom is 0.231 e. The highest BCUT2D eigenvalue weighted by Crippen LogP contribution is 2.41. The van der Waals surface area contributed by atoms with E-state index < -0.39 is 0 Å². The molecule has 0 saturated heterocycles. The minimum Gasteiger partial charge on any atom is -0.454 e. The molecule has 2 unspecified atom stereocenters. The van der Waals surface area contributed by atoms with Crippen LogP contribution in [0, 0.1) is 17.2 Å². The Labute approximate surface area is 162 Å². The quantitative estimate of drug-likeness (QED) is 0.577. The van der Waals surface area contributed by atoms with Crippen molar-refractivity contribution >= 4 is 0 Å². The minimum atomic E-state index is 0.327. The lowest BCUT2D eigenvalue weighted by atomic mass is 9.83. The Morgan fingerprint density at radius 2 is 1.93 bits per heavy atom. The molecule has 3 nitrogen and oxygen atoms in total. The van der Waals surface area contributed by atoms with Crippen molar-refractivity contribution in [3.05, 3.63) is 58.7 Å². The maximum atomic E-state index is 9.33. The number of hydrogen-bond donors (Lipinski definition) is 0. The van der Waals surface area contributed by atoms with E-state index in [1.54, 1.807) is 0 Å². The summed E-state index contributed by atoms with van der Waals surface area (Å²) in [5, 5.41) is 9.33. The number of benzene rings is 2. The van der Waals surface area contributed by atoms with Crippen LogP contribution in [0.4, 0.5) is 0 Å². The van der Waals surface area contributed by atoms with Crippen LogP contribution in [0.2, 0.25) is 0 Å². The van der Waals surface area contributed by atoms with E-state index in [1.807, 2.05) is 18.2 Å². The second-order valence-electron chi connectivity index (χ2n) is 7.58. The highest BCUT2D eigenvalue weighted by Gasteiger charge is 2.22. The van der Waals surface area contributed by atoms with E-state index in [9.17, 15) is 5.26 Å². The molecule has 1 heterocycles. The monoisotopic (exact) mass is 363 g/mol. The lowest BCUT2D eigenvalue weighted by Gasteiger charge is -2.22. The van der Waals surface area contributed by atoms with E-state index in [1.165, 1.54) is 11.1 Å². The molecule has 0 aromatic heterocycles. The number of rotatable bonds is 8. The lowest BCUT2D eigenvalue weighted by molar-refractivity contribution is 0.173. The molecule has 0 radical (unpaired) electrons. The summed E-state index contributed by atoms with van der Waals surface area (Å²) in [7, 11) is 0. The first kappa shape index (κ1) is 19.3. The normalized spacial score (nSPS) is 14.6. The average Bonchev–Trinajstić information content (AvgIpc) is 3.15. The van der Waals surface area contributed by atoms with Crippen molar-refractivity contribution < 1.29 is 9.47 Å². The molecule has 3 heteroatoms. The van der Waals surface area contributed by atoms with Gasteiger partial charge in [-0.15, -0.1) is 0 Å². The van der Waals surface area contributed by atoms with Crippen molar-refractivity contribution in [3.63, 3.8) is 0 Å². The van der Waals surface area contributed by atoms with Gasteiger partial charge in [-0.05, 0) is 66.3 Å². The van der Waals surface area contributed by atoms with Gasteiger partial charge >= 0.3 is 0 Å². The van der Waals surface area contributed by atoms with E-state index in [-0.39, 0.29) is 0 Å². The Hall–Kier alpha value is -2.47. The van der Waals surface area contributed by atoms with Crippen molar-refractivity contribution in [2.75, 3.05) is 6.79 Å². The average molecular weight is 364 g/mol. The molecule has 0 fully saturated rings. The lowest BCUT2D eigenvalue weighted by Crippen LogP contribution is -2.08. The van der Waals surface area contributed by atoms with Crippen LogP contribution < -0.4 is 9.47 Å². The van der Waals surface area contributed by atoms with E-state index in [0.717, 1.165) is 54.7 Å². The predicted octanol–water partition coefficient (Wildman–Crippen LogP) is 6.00. The van der Waals surface area contributed by atoms with Gasteiger partial charge in [-0.3, -0.25) is 0 Å². The molecule has 142 valence electrons. The van der Waals surface area contributed by atoms with Crippen LogP contribution in [-0.4, -0.2) is 6.79 Å². The summed E-state index contributed by atoms with van der Waals surface area (Å²) in [6.07, 6.45) is 5.24. The zero-order valence-electron chi connectivity index (χ0n) is 16.6. The molecular formula is C24H29NO2. The molecule has 3 rings (SSSR count). The van der Waals surface area contributed by atoms with E-state index >= 15 is 0 Å². The van der Waals surface area contributed by atoms with Crippen molar-refractivity contribution in [1.29, 1.82) is 5.26 Å². The fraction of sp³-hybridized carbons (Fsp3) is 0.458. The predicted molar refractivity (Wildman–Crippen MR) is 108 cm³/mol. The van der Waals surface area contributed by atoms with Gasteiger partial charge in [-0.25, -0.2) is 0 Å². The Morgan fingerprint density at radius 3 is 2.67 bits per heavy atom. The summed E-state index contributed by atoms with van der Waals surface area (Å²) in [4.78, 5) is 0. The van der Waals surface area contributed by atoms with Gasteiger partial charge in [0.2, 0.25) is 6.79 Å². The molecule has 0 saturated carbocycles. The molecule has 0 aliphatic carbocycles. The minimum absolute atomic E-state index is 0.327. The Kier molecular flexibility index (Phi) is 6.40. The molecule has 2 aromatic rings. The smallest absolute Gasteiger partial charge is 0.231 e. The van der Waals surface area contributed by atoms with Gasteiger partial charge in [0.15, 0.2) is 11.5 Å². The van der Waals surface area contributed by atoms with E-state index in [4.69, 9.17) is 9.47 Å². The molecule has 1 aliphatic heterocycles. The highest BCUT2D eigenvalue weighted by molar-refractivity contribution is 5.51. The van der Waals surface area contributed by atoms with E-state index in [2.05, 4.69) is 45.0 Å². The second-order valence-corrected chi connectivity index (χ2v) is 7.58. The zero-order chi connectivity index (χ0) is 19.2. The SMILES string of the molecule is CCCc1cc(C(CC)CC(C)Cc2ccccc2C#N)cc2c1OCO2. The molecule has 0 spiro atoms. The summed E-state index contributed by atoms with van der Waals surface area (Å²) in [5.74, 6) is 2.83. The fourth-order valence-electron chi connectivity index (χ4n) is 4.09. The first-order valence-corrected chi connectivity index (χ1v) is 10.1. The summed E-state index contributed by atoms with van der Waals surface area (Å²) in [6.45, 7) is 7.07. The van der Waals surface area contributed by atoms with Crippen LogP contribution in [0.1, 0.15) is 68.2 Å². The van der Waals surface area contributed by atoms with Gasteiger partial charge in [-0.2, -0.15) is 5.26 Å². The number of hydrogen-bond acceptors (Lipinski definition) is 3. The third-order valence-electron chi connectivity index (χ3n) is 5.45. The van der Waals surface area contributed by atoms with Gasteiger partial charge in [0.25, 0.3) is 0 Å². The molecule has 0 bridgehead atoms. The van der Waals surface area contributed by atoms with Crippen LogP contribution in [0.25, 0.3) is 0 Å². The first-order valence-electron chi connectivity index (χ1n) is 10.1. The third kappa shape index (κ3) is 4.45. The second kappa shape index (κ2) is 8.95. The number of aryl methyl sites for hydroxylation is 1. The Balaban J connectivity index is 1.77. The van der Waals surface area contributed by atoms with Crippen LogP contribution in [0.5, 0.6) is 11.5 Å². The third-order valence-corrected chi connectivity index (χ3v) is 5.45. The van der Waals surface area contributed by atoms with Crippen molar-refractivity contribution in [1.82, 2.24) is 0 Å². The summed E-state index contributed by atoms with van der Waals surface area (Å²) < 4.78 is 11.4. The standard InChI is InChI=1S/C24H29NO2/c1-4-8-20-13-22(14-23-24(20)27-16-26-23)18(5-2)11-17(3)12-19-9-6-7-10-21(19)15-25/h6-7,9-10,13-14,17-18H,4-5,8,11-12,16H2,1-3H3. The topological polar surface area (TPSA) is 42.2 Å². The van der Waals surface area contributed by atoms with E-state index in [0.29, 0.717) is 18.6 Å². The van der Waals surface area contributed by atoms with Gasteiger partial charge in [0.05, 0.1) is 11.6 Å². The molecule has 1 aliphatic rings. The van der Waals surface area contributed by atoms with Gasteiger partial charge in [0, 0.05) is 0 Å². The maximum absolute atomic E-state index is 9.33. The van der Waals surface area contributed by atoms with Gasteiger partial charge < -0.3 is 9.47 Å². The van der Waals surface area contributed by atoms with Crippen molar-refractivity contribution in [3.8, 4) is 17.6 Å². The number of ether oxygens (including phenoxy) is 2. The first-order chi connectivity index (χ1) is 13.2. The summed E-state index contributed by atoms with van der Waals surface area (Å²) in [6, 6.07) is 14.8. The summed E-state index contributed by atoms with van der Waals surface area (Å²) >= 11 is 0. The number of fused-ring (bicyclic) bond motifs is 1. The largest absolute Gasteiger partial charge is 0.454 e. The Morgan fingerprint density at radius 1 is 1.11 bits per heavy atom. The van der Waals surface area contributed by atoms with Gasteiger partial charge in [-0.1, -0.05) is 51.5 Å². The zero-order valence-corrected chi connectivity index (χ0v) is 16.6. The van der Waals surface area contributed by atoms with Crippen molar-refractivity contribution in [2.24, 2.45) is 5.92 Å².